The first kappa shape index (κ1) is 17.0. The molecule has 1 saturated heterocycles. The maximum absolute atomic E-state index is 9.85. The molecule has 2 aliphatic rings. The summed E-state index contributed by atoms with van der Waals surface area (Å²) in [7, 11) is 3.13. The highest BCUT2D eigenvalue weighted by molar-refractivity contribution is 5.44. The van der Waals surface area contributed by atoms with Gasteiger partial charge in [-0.3, -0.25) is 0 Å². The molecule has 1 heterocycles. The summed E-state index contributed by atoms with van der Waals surface area (Å²) in [5.74, 6) is 2.59. The molecule has 1 saturated carbocycles. The summed E-state index contributed by atoms with van der Waals surface area (Å²) in [6, 6.07) is 11.1. The van der Waals surface area contributed by atoms with Crippen LogP contribution in [0.4, 0.5) is 0 Å². The number of rotatable bonds is 4. The van der Waals surface area contributed by atoms with E-state index in [1.165, 1.54) is 5.56 Å². The lowest BCUT2D eigenvalue weighted by molar-refractivity contribution is 0.0843. The standard InChI is InChI=1S/C21H24O5/c1-24-19-9-12(3-7-17(19)22)14-5-6-15-16(14)11-26-21(15)13-4-8-18(23)20(10-13)25-2/h3-4,7-10,14-16,21-23H,5-6,11H2,1-2H3/t14-,15+,16-,21-/m0/s1. The van der Waals surface area contributed by atoms with E-state index in [4.69, 9.17) is 14.2 Å². The molecule has 0 bridgehead atoms. The van der Waals surface area contributed by atoms with Crippen LogP contribution in [0.25, 0.3) is 0 Å². The van der Waals surface area contributed by atoms with Crippen LogP contribution in [-0.4, -0.2) is 31.0 Å². The first-order valence-corrected chi connectivity index (χ1v) is 8.97. The molecule has 2 N–H and O–H groups in total. The largest absolute Gasteiger partial charge is 0.504 e. The molecule has 2 aromatic rings. The number of ether oxygens (including phenoxy) is 3. The first-order valence-electron chi connectivity index (χ1n) is 8.97. The highest BCUT2D eigenvalue weighted by Crippen LogP contribution is 2.55. The van der Waals surface area contributed by atoms with Crippen LogP contribution in [0.2, 0.25) is 0 Å². The third-order valence-corrected chi connectivity index (χ3v) is 5.90. The van der Waals surface area contributed by atoms with E-state index in [1.54, 1.807) is 26.4 Å². The molecule has 138 valence electrons. The lowest BCUT2D eigenvalue weighted by atomic mass is 9.83. The number of fused-ring (bicyclic) bond motifs is 1. The highest BCUT2D eigenvalue weighted by atomic mass is 16.5. The van der Waals surface area contributed by atoms with Gasteiger partial charge >= 0.3 is 0 Å². The number of hydrogen-bond donors (Lipinski definition) is 2. The molecule has 5 heteroatoms. The number of aromatic hydroxyl groups is 2. The Kier molecular flexibility index (Phi) is 4.41. The summed E-state index contributed by atoms with van der Waals surface area (Å²) in [6.45, 7) is 0.715. The van der Waals surface area contributed by atoms with E-state index in [2.05, 4.69) is 0 Å². The van der Waals surface area contributed by atoms with Gasteiger partial charge in [0.05, 0.1) is 26.9 Å². The van der Waals surface area contributed by atoms with Crippen LogP contribution in [0, 0.1) is 11.8 Å². The zero-order valence-corrected chi connectivity index (χ0v) is 15.0. The molecule has 2 aromatic carbocycles. The molecule has 0 aromatic heterocycles. The van der Waals surface area contributed by atoms with Gasteiger partial charge in [0, 0.05) is 0 Å². The van der Waals surface area contributed by atoms with Crippen molar-refractivity contribution in [3.8, 4) is 23.0 Å². The van der Waals surface area contributed by atoms with Gasteiger partial charge in [-0.2, -0.15) is 0 Å². The molecular weight excluding hydrogens is 332 g/mol. The summed E-state index contributed by atoms with van der Waals surface area (Å²) >= 11 is 0. The maximum Gasteiger partial charge on any atom is 0.160 e. The zero-order valence-electron chi connectivity index (χ0n) is 15.0. The van der Waals surface area contributed by atoms with E-state index in [1.807, 2.05) is 24.3 Å². The van der Waals surface area contributed by atoms with Gasteiger partial charge < -0.3 is 24.4 Å². The van der Waals surface area contributed by atoms with Gasteiger partial charge in [0.15, 0.2) is 23.0 Å². The van der Waals surface area contributed by atoms with Crippen molar-refractivity contribution in [1.82, 2.24) is 0 Å². The molecule has 5 nitrogen and oxygen atoms in total. The monoisotopic (exact) mass is 356 g/mol. The molecule has 0 amide bonds. The Balaban J connectivity index is 1.58. The van der Waals surface area contributed by atoms with Crippen molar-refractivity contribution < 1.29 is 24.4 Å². The topological polar surface area (TPSA) is 68.2 Å². The van der Waals surface area contributed by atoms with Crippen LogP contribution in [0.1, 0.15) is 36.0 Å². The van der Waals surface area contributed by atoms with Crippen molar-refractivity contribution >= 4 is 0 Å². The normalized spacial score (nSPS) is 27.3. The number of hydrogen-bond acceptors (Lipinski definition) is 5. The Labute approximate surface area is 153 Å². The predicted octanol–water partition coefficient (Wildman–Crippen LogP) is 4.00. The molecule has 26 heavy (non-hydrogen) atoms. The Hall–Kier alpha value is -2.40. The Bertz CT molecular complexity index is 735. The van der Waals surface area contributed by atoms with E-state index < -0.39 is 0 Å². The minimum atomic E-state index is 0.0264. The number of phenolic OH excluding ortho intramolecular Hbond substituents is 2. The Morgan fingerprint density at radius 1 is 0.846 bits per heavy atom. The quantitative estimate of drug-likeness (QED) is 0.867. The number of phenols is 2. The van der Waals surface area contributed by atoms with Gasteiger partial charge in [-0.05, 0) is 66.0 Å². The average Bonchev–Trinajstić information content (AvgIpc) is 3.25. The Morgan fingerprint density at radius 3 is 2.12 bits per heavy atom. The van der Waals surface area contributed by atoms with Gasteiger partial charge in [0.1, 0.15) is 0 Å². The van der Waals surface area contributed by atoms with E-state index >= 15 is 0 Å². The molecule has 0 radical (unpaired) electrons. The van der Waals surface area contributed by atoms with Crippen molar-refractivity contribution in [2.75, 3.05) is 20.8 Å². The van der Waals surface area contributed by atoms with Crippen LogP contribution in [0.5, 0.6) is 23.0 Å². The second-order valence-electron chi connectivity index (χ2n) is 7.13. The molecule has 4 atom stereocenters. The summed E-state index contributed by atoms with van der Waals surface area (Å²) in [5.41, 5.74) is 2.25. The van der Waals surface area contributed by atoms with Crippen molar-refractivity contribution in [3.05, 3.63) is 47.5 Å². The summed E-state index contributed by atoms with van der Waals surface area (Å²) in [5, 5.41) is 19.7. The molecule has 0 spiro atoms. The minimum Gasteiger partial charge on any atom is -0.504 e. The summed E-state index contributed by atoms with van der Waals surface area (Å²) in [6.07, 6.45) is 2.21. The Morgan fingerprint density at radius 2 is 1.46 bits per heavy atom. The van der Waals surface area contributed by atoms with E-state index in [0.717, 1.165) is 18.4 Å². The van der Waals surface area contributed by atoms with Gasteiger partial charge in [0.25, 0.3) is 0 Å². The SMILES string of the molecule is COc1cc([C@@H]2CC[C@@H]3[C@H]2CO[C@H]3c2ccc(O)c(OC)c2)ccc1O. The number of methoxy groups -OCH3 is 2. The van der Waals surface area contributed by atoms with E-state index in [-0.39, 0.29) is 17.6 Å². The fourth-order valence-corrected chi connectivity index (χ4v) is 4.61. The fraction of sp³-hybridized carbons (Fsp3) is 0.429. The maximum atomic E-state index is 9.85. The van der Waals surface area contributed by atoms with Crippen molar-refractivity contribution in [3.63, 3.8) is 0 Å². The van der Waals surface area contributed by atoms with Crippen LogP contribution in [-0.2, 0) is 4.74 Å². The second-order valence-corrected chi connectivity index (χ2v) is 7.13. The van der Waals surface area contributed by atoms with E-state index in [0.29, 0.717) is 35.9 Å². The molecule has 2 fully saturated rings. The lowest BCUT2D eigenvalue weighted by Gasteiger charge is -2.20. The van der Waals surface area contributed by atoms with Gasteiger partial charge in [-0.1, -0.05) is 12.1 Å². The van der Waals surface area contributed by atoms with Gasteiger partial charge in [-0.15, -0.1) is 0 Å². The van der Waals surface area contributed by atoms with E-state index in [9.17, 15) is 10.2 Å². The van der Waals surface area contributed by atoms with Crippen molar-refractivity contribution in [2.45, 2.75) is 24.9 Å². The van der Waals surface area contributed by atoms with Crippen LogP contribution >= 0.6 is 0 Å². The lowest BCUT2D eigenvalue weighted by Crippen LogP contribution is -2.13. The molecule has 1 aliphatic heterocycles. The van der Waals surface area contributed by atoms with Crippen molar-refractivity contribution in [1.29, 1.82) is 0 Å². The minimum absolute atomic E-state index is 0.0264. The average molecular weight is 356 g/mol. The zero-order chi connectivity index (χ0) is 18.3. The third-order valence-electron chi connectivity index (χ3n) is 5.90. The smallest absolute Gasteiger partial charge is 0.160 e. The van der Waals surface area contributed by atoms with Crippen LogP contribution < -0.4 is 9.47 Å². The third kappa shape index (κ3) is 2.76. The number of benzene rings is 2. The molecule has 1 aliphatic carbocycles. The van der Waals surface area contributed by atoms with Gasteiger partial charge in [-0.25, -0.2) is 0 Å². The molecule has 0 unspecified atom stereocenters. The van der Waals surface area contributed by atoms with Gasteiger partial charge in [0.2, 0.25) is 0 Å². The highest BCUT2D eigenvalue weighted by Gasteiger charge is 2.47. The molecular formula is C21H24O5. The first-order chi connectivity index (χ1) is 12.6. The van der Waals surface area contributed by atoms with Crippen molar-refractivity contribution in [2.24, 2.45) is 11.8 Å². The second kappa shape index (κ2) is 6.72. The fourth-order valence-electron chi connectivity index (χ4n) is 4.61. The molecule has 4 rings (SSSR count). The predicted molar refractivity (Wildman–Crippen MR) is 97.0 cm³/mol. The summed E-state index contributed by atoms with van der Waals surface area (Å²) in [4.78, 5) is 0. The van der Waals surface area contributed by atoms with Crippen LogP contribution in [0.15, 0.2) is 36.4 Å². The summed E-state index contributed by atoms with van der Waals surface area (Å²) < 4.78 is 16.7. The van der Waals surface area contributed by atoms with Crippen LogP contribution in [0.3, 0.4) is 0 Å².